The van der Waals surface area contributed by atoms with E-state index in [1.54, 1.807) is 21.2 Å². The Labute approximate surface area is 289 Å². The highest BCUT2D eigenvalue weighted by Gasteiger charge is 2.55. The standard InChI is InChI=1S/C45H53N2P/c1-11-17-28(12-2)32-21-22-33-36(26-31-24-29-18-15-19-34-38(29)40-35(44(34,8)9)20-16-23-46(31)40)45(13-3,14-4)47-27-30(43(5,6)7)25-37-41(47)39(33)42(32)48(37)10/h11-12,15-23,25,27,31,36H,13-14,24,26H2,1-10H3/q+2. The number of rotatable bonds is 6. The summed E-state index contributed by atoms with van der Waals surface area (Å²) in [4.78, 5) is 0. The van der Waals surface area contributed by atoms with Crippen LogP contribution in [0.25, 0.3) is 38.0 Å². The highest BCUT2D eigenvalue weighted by atomic mass is 31.1. The second kappa shape index (κ2) is 10.8. The van der Waals surface area contributed by atoms with E-state index in [0.717, 1.165) is 25.7 Å². The Bertz CT molecular complexity index is 2210. The van der Waals surface area contributed by atoms with Gasteiger partial charge in [0.25, 0.3) is 0 Å². The number of aryl methyl sites for hydroxylation is 1. The molecule has 0 fully saturated rings. The Morgan fingerprint density at radius 1 is 1.00 bits per heavy atom. The Kier molecular flexibility index (Phi) is 7.12. The molecule has 5 heterocycles. The Balaban J connectivity index is 1.42. The molecule has 246 valence electrons. The zero-order chi connectivity index (χ0) is 33.9. The van der Waals surface area contributed by atoms with Crippen molar-refractivity contribution in [2.45, 2.75) is 116 Å². The minimum atomic E-state index is -0.498. The number of pyridine rings is 2. The third-order valence-corrected chi connectivity index (χ3v) is 15.1. The molecule has 5 aromatic rings. The van der Waals surface area contributed by atoms with Crippen LogP contribution in [0.4, 0.5) is 0 Å². The first-order valence-corrected chi connectivity index (χ1v) is 20.2. The van der Waals surface area contributed by atoms with Gasteiger partial charge in [-0.25, -0.2) is 0 Å². The maximum Gasteiger partial charge on any atom is 0.225 e. The van der Waals surface area contributed by atoms with E-state index in [0.29, 0.717) is 12.0 Å². The molecule has 3 aromatic heterocycles. The molecule has 2 aromatic carbocycles. The monoisotopic (exact) mass is 652 g/mol. The average molecular weight is 653 g/mol. The lowest BCUT2D eigenvalue weighted by Gasteiger charge is -2.40. The van der Waals surface area contributed by atoms with Gasteiger partial charge in [0.05, 0.1) is 22.0 Å². The fourth-order valence-electron chi connectivity index (χ4n) is 10.2. The largest absolute Gasteiger partial charge is 0.225 e. The molecule has 3 heteroatoms. The Morgan fingerprint density at radius 3 is 2.44 bits per heavy atom. The van der Waals surface area contributed by atoms with Crippen LogP contribution in [-0.4, -0.2) is 0 Å². The van der Waals surface area contributed by atoms with Gasteiger partial charge in [-0.05, 0) is 65.9 Å². The topological polar surface area (TPSA) is 7.76 Å². The number of aromatic nitrogens is 2. The van der Waals surface area contributed by atoms with Crippen molar-refractivity contribution in [1.82, 2.24) is 0 Å². The molecule has 2 nitrogen and oxygen atoms in total. The van der Waals surface area contributed by atoms with Gasteiger partial charge < -0.3 is 0 Å². The molecule has 0 bridgehead atoms. The third kappa shape index (κ3) is 4.05. The summed E-state index contributed by atoms with van der Waals surface area (Å²) in [5, 5.41) is 4.74. The molecular formula is C45H53N2P+2. The van der Waals surface area contributed by atoms with E-state index in [1.807, 2.05) is 0 Å². The molecule has 1 aliphatic carbocycles. The van der Waals surface area contributed by atoms with E-state index in [4.69, 9.17) is 0 Å². The summed E-state index contributed by atoms with van der Waals surface area (Å²) in [5.74, 6) is 0.403. The van der Waals surface area contributed by atoms with Crippen LogP contribution in [0.15, 0.2) is 79.2 Å². The Morgan fingerprint density at radius 2 is 1.75 bits per heavy atom. The first-order chi connectivity index (χ1) is 22.9. The zero-order valence-corrected chi connectivity index (χ0v) is 31.7. The highest BCUT2D eigenvalue weighted by molar-refractivity contribution is 7.59. The molecule has 0 radical (unpaired) electrons. The summed E-state index contributed by atoms with van der Waals surface area (Å²) in [5.41, 5.74) is 15.0. The highest BCUT2D eigenvalue weighted by Crippen LogP contribution is 2.58. The molecule has 0 saturated carbocycles. The zero-order valence-electron chi connectivity index (χ0n) is 30.8. The van der Waals surface area contributed by atoms with Gasteiger partial charge in [-0.3, -0.25) is 0 Å². The smallest absolute Gasteiger partial charge is 0.195 e. The van der Waals surface area contributed by atoms with Crippen LogP contribution in [0.2, 0.25) is 0 Å². The van der Waals surface area contributed by atoms with Crippen LogP contribution in [0.3, 0.4) is 0 Å². The van der Waals surface area contributed by atoms with Crippen molar-refractivity contribution in [3.8, 4) is 11.3 Å². The summed E-state index contributed by atoms with van der Waals surface area (Å²) >= 11 is 0. The fourth-order valence-corrected chi connectivity index (χ4v) is 12.5. The molecule has 0 N–H and O–H groups in total. The lowest BCUT2D eigenvalue weighted by atomic mass is 9.68. The molecule has 0 saturated heterocycles. The SMILES string of the molecule is CC=CC(=CC)c1ccc2c3c4c(cc(C(C)(C)C)c[n+]4C(CC)(CC)C2CC2Cc4cccc5c4-c4c(ccc[n+]42)C5(C)C)p(C)c13. The number of hydrogen-bond acceptors (Lipinski definition) is 0. The van der Waals surface area contributed by atoms with Gasteiger partial charge in [-0.15, -0.1) is 7.53 Å². The van der Waals surface area contributed by atoms with Crippen LogP contribution < -0.4 is 9.13 Å². The van der Waals surface area contributed by atoms with E-state index >= 15 is 0 Å². The quantitative estimate of drug-likeness (QED) is 0.127. The Hall–Kier alpha value is -3.48. The molecule has 0 amide bonds. The molecule has 8 rings (SSSR count). The van der Waals surface area contributed by atoms with Crippen molar-refractivity contribution in [2.24, 2.45) is 6.66 Å². The minimum Gasteiger partial charge on any atom is -0.195 e. The summed E-state index contributed by atoms with van der Waals surface area (Å²) in [6, 6.07) is 19.9. The number of nitrogens with zero attached hydrogens (tertiary/aromatic N) is 2. The molecule has 3 atom stereocenters. The van der Waals surface area contributed by atoms with Crippen molar-refractivity contribution in [3.63, 3.8) is 0 Å². The maximum atomic E-state index is 2.85. The molecule has 3 unspecified atom stereocenters. The average Bonchev–Trinajstić information content (AvgIpc) is 3.51. The van der Waals surface area contributed by atoms with Crippen LogP contribution in [0.1, 0.15) is 127 Å². The first kappa shape index (κ1) is 31.8. The van der Waals surface area contributed by atoms with Gasteiger partial charge in [0.1, 0.15) is 0 Å². The fraction of sp³-hybridized carbons (Fsp3) is 0.422. The van der Waals surface area contributed by atoms with Gasteiger partial charge in [-0.2, -0.15) is 9.13 Å². The van der Waals surface area contributed by atoms with Crippen molar-refractivity contribution in [1.29, 1.82) is 0 Å². The second-order valence-electron chi connectivity index (χ2n) is 16.4. The minimum absolute atomic E-state index is 0.00427. The van der Waals surface area contributed by atoms with E-state index in [2.05, 4.69) is 157 Å². The van der Waals surface area contributed by atoms with Crippen molar-refractivity contribution in [3.05, 3.63) is 113 Å². The second-order valence-corrected chi connectivity index (χ2v) is 18.5. The molecule has 0 spiro atoms. The lowest BCUT2D eigenvalue weighted by molar-refractivity contribution is -0.754. The van der Waals surface area contributed by atoms with Gasteiger partial charge >= 0.3 is 0 Å². The predicted octanol–water partition coefficient (Wildman–Crippen LogP) is 11.5. The van der Waals surface area contributed by atoms with E-state index in [9.17, 15) is 0 Å². The van der Waals surface area contributed by atoms with Crippen molar-refractivity contribution in [2.75, 3.05) is 0 Å². The summed E-state index contributed by atoms with van der Waals surface area (Å²) in [6.45, 7) is 23.8. The van der Waals surface area contributed by atoms with Crippen LogP contribution in [0, 0.1) is 0 Å². The molecule has 2 aliphatic heterocycles. The van der Waals surface area contributed by atoms with Gasteiger partial charge in [-0.1, -0.05) is 97.0 Å². The lowest BCUT2D eigenvalue weighted by Crippen LogP contribution is -2.62. The van der Waals surface area contributed by atoms with Crippen LogP contribution >= 0.6 is 7.53 Å². The molecule has 3 aliphatic rings. The van der Waals surface area contributed by atoms with Gasteiger partial charge in [0.2, 0.25) is 11.2 Å². The molecular weight excluding hydrogens is 599 g/mol. The predicted molar refractivity (Wildman–Crippen MR) is 205 cm³/mol. The number of hydrogen-bond donors (Lipinski definition) is 0. The van der Waals surface area contributed by atoms with Crippen LogP contribution in [-0.2, 0) is 29.5 Å². The third-order valence-electron chi connectivity index (χ3n) is 12.9. The normalized spacial score (nSPS) is 20.8. The maximum absolute atomic E-state index is 2.85. The van der Waals surface area contributed by atoms with Crippen molar-refractivity contribution < 1.29 is 9.13 Å². The number of benzene rings is 2. The van der Waals surface area contributed by atoms with Crippen LogP contribution in [0.5, 0.6) is 0 Å². The summed E-state index contributed by atoms with van der Waals surface area (Å²) in [7, 11) is -0.498. The van der Waals surface area contributed by atoms with Gasteiger partial charge in [0.15, 0.2) is 24.0 Å². The summed E-state index contributed by atoms with van der Waals surface area (Å²) in [6.07, 6.45) is 16.3. The van der Waals surface area contributed by atoms with E-state index < -0.39 is 7.53 Å². The number of allylic oxidation sites excluding steroid dienone is 4. The van der Waals surface area contributed by atoms with E-state index in [-0.39, 0.29) is 16.4 Å². The summed E-state index contributed by atoms with van der Waals surface area (Å²) < 4.78 is 5.55. The molecule has 48 heavy (non-hydrogen) atoms. The first-order valence-electron chi connectivity index (χ1n) is 18.4. The van der Waals surface area contributed by atoms with Gasteiger partial charge in [0, 0.05) is 53.4 Å². The van der Waals surface area contributed by atoms with Crippen molar-refractivity contribution >= 4 is 34.2 Å². The van der Waals surface area contributed by atoms with E-state index in [1.165, 1.54) is 50.2 Å².